The zero-order valence-corrected chi connectivity index (χ0v) is 35.7. The number of piperidine rings is 1. The molecule has 0 unspecified atom stereocenters. The lowest BCUT2D eigenvalue weighted by molar-refractivity contribution is -0.138. The Morgan fingerprint density at radius 3 is 2.25 bits per heavy atom. The van der Waals surface area contributed by atoms with Gasteiger partial charge in [-0.05, 0) is 95.6 Å². The lowest BCUT2D eigenvalue weighted by Gasteiger charge is -2.36. The molecule has 2 aliphatic rings. The van der Waals surface area contributed by atoms with E-state index >= 15 is 0 Å². The second-order valence-electron chi connectivity index (χ2n) is 16.6. The first-order chi connectivity index (χ1) is 30.6. The number of carbonyl (C=O) groups is 4. The van der Waals surface area contributed by atoms with E-state index in [0.717, 1.165) is 86.5 Å². The van der Waals surface area contributed by atoms with Gasteiger partial charge in [0.15, 0.2) is 0 Å². The highest BCUT2D eigenvalue weighted by Crippen LogP contribution is 2.50. The van der Waals surface area contributed by atoms with Crippen LogP contribution in [0.25, 0.3) is 55.0 Å². The molecule has 1 saturated heterocycles. The molecule has 2 bridgehead atoms. The average molecular weight is 847 g/mol. The van der Waals surface area contributed by atoms with Crippen LogP contribution >= 0.6 is 0 Å². The van der Waals surface area contributed by atoms with E-state index in [0.29, 0.717) is 17.9 Å². The van der Waals surface area contributed by atoms with Gasteiger partial charge in [0.05, 0.1) is 49.7 Å². The van der Waals surface area contributed by atoms with Crippen molar-refractivity contribution < 1.29 is 28.7 Å². The van der Waals surface area contributed by atoms with E-state index in [2.05, 4.69) is 86.0 Å². The topological polar surface area (TPSA) is 175 Å². The molecule has 14 nitrogen and oxygen atoms in total. The minimum atomic E-state index is -0.878. The normalized spacial score (nSPS) is 17.8. The van der Waals surface area contributed by atoms with Crippen molar-refractivity contribution >= 4 is 56.6 Å². The quantitative estimate of drug-likeness (QED) is 0.0947. The number of hydrogen-bond donors (Lipinski definition) is 4. The average Bonchev–Trinajstić information content (AvgIpc) is 4.15. The number of benzene rings is 5. The van der Waals surface area contributed by atoms with Gasteiger partial charge in [-0.2, -0.15) is 0 Å². The number of hydrogen-bond acceptors (Lipinski definition) is 8. The van der Waals surface area contributed by atoms with Gasteiger partial charge in [0.2, 0.25) is 5.91 Å². The number of ether oxygens (including phenoxy) is 2. The Hall–Kier alpha value is -7.22. The number of aromatic nitrogens is 4. The van der Waals surface area contributed by atoms with E-state index < -0.39 is 24.3 Å². The standard InChI is InChI=1S/C49H50N8O6/c1-5-21-56(46(58)28(2)51-48(60)62-3)27-41-52-39-20-17-34-23-33(16-19-38(34)43(39)54-41)30-11-12-32-24-35(14-13-31(32)22-30)40-26-50-45(53-40)44-36-15-18-37(25-36)57(44)47(59)42(55-49(61)63-4)29-9-7-6-8-10-29/h6-14,16-17,19-20,22-24,26,28,36-37,42,44H,5,15,18,21,25,27H2,1-4H3,(H,50,53)(H,51,60)(H,52,54)(H,55,61)/t28-,36-,37+,42+,44-/m0/s1. The van der Waals surface area contributed by atoms with Gasteiger partial charge in [-0.3, -0.25) is 9.59 Å². The van der Waals surface area contributed by atoms with E-state index in [4.69, 9.17) is 14.7 Å². The number of fused-ring (bicyclic) bond motifs is 6. The summed E-state index contributed by atoms with van der Waals surface area (Å²) >= 11 is 0. The third-order valence-electron chi connectivity index (χ3n) is 12.6. The van der Waals surface area contributed by atoms with Crippen molar-refractivity contribution in [2.75, 3.05) is 20.8 Å². The predicted molar refractivity (Wildman–Crippen MR) is 240 cm³/mol. The molecule has 4 amide bonds. The summed E-state index contributed by atoms with van der Waals surface area (Å²) in [6.07, 6.45) is 4.13. The Labute approximate surface area is 364 Å². The molecule has 1 aliphatic heterocycles. The fourth-order valence-electron chi connectivity index (χ4n) is 9.54. The lowest BCUT2D eigenvalue weighted by Crippen LogP contribution is -2.47. The number of H-pyrrole nitrogens is 2. The number of carbonyl (C=O) groups excluding carboxylic acids is 4. The van der Waals surface area contributed by atoms with Gasteiger partial charge < -0.3 is 39.9 Å². The summed E-state index contributed by atoms with van der Waals surface area (Å²) in [4.78, 5) is 72.1. The van der Waals surface area contributed by atoms with Gasteiger partial charge in [0, 0.05) is 23.5 Å². The number of rotatable bonds is 12. The molecule has 9 rings (SSSR count). The molecule has 1 saturated carbocycles. The first-order valence-corrected chi connectivity index (χ1v) is 21.5. The van der Waals surface area contributed by atoms with Crippen molar-refractivity contribution in [3.8, 4) is 22.4 Å². The van der Waals surface area contributed by atoms with Gasteiger partial charge in [-0.25, -0.2) is 19.6 Å². The summed E-state index contributed by atoms with van der Waals surface area (Å²) in [5, 5.41) is 9.58. The molecular weight excluding hydrogens is 797 g/mol. The van der Waals surface area contributed by atoms with Crippen molar-refractivity contribution in [1.82, 2.24) is 40.4 Å². The van der Waals surface area contributed by atoms with Crippen LogP contribution in [-0.2, 0) is 25.6 Å². The molecule has 2 aromatic heterocycles. The van der Waals surface area contributed by atoms with Crippen molar-refractivity contribution in [3.63, 3.8) is 0 Å². The summed E-state index contributed by atoms with van der Waals surface area (Å²) in [6.45, 7) is 4.45. The second-order valence-corrected chi connectivity index (χ2v) is 16.6. The van der Waals surface area contributed by atoms with Crippen LogP contribution in [0.4, 0.5) is 9.59 Å². The molecule has 63 heavy (non-hydrogen) atoms. The highest BCUT2D eigenvalue weighted by Gasteiger charge is 2.51. The van der Waals surface area contributed by atoms with Crippen molar-refractivity contribution in [3.05, 3.63) is 120 Å². The van der Waals surface area contributed by atoms with Crippen molar-refractivity contribution in [2.24, 2.45) is 5.92 Å². The van der Waals surface area contributed by atoms with Crippen LogP contribution in [0.5, 0.6) is 0 Å². The Morgan fingerprint density at radius 2 is 1.51 bits per heavy atom. The first-order valence-electron chi connectivity index (χ1n) is 21.5. The largest absolute Gasteiger partial charge is 0.453 e. The summed E-state index contributed by atoms with van der Waals surface area (Å²) in [5.74, 6) is 1.31. The SMILES string of the molecule is CCCN(Cc1nc2c(ccc3cc(-c4ccc5cc(-c6cnc([C@@H]7[C@H]8CC[C@H](C8)N7C(=O)[C@H](NC(=O)OC)c7ccccc7)[nH]6)ccc5c4)ccc32)[nH]1)C(=O)[C@H](C)NC(=O)OC. The van der Waals surface area contributed by atoms with Crippen LogP contribution in [0, 0.1) is 5.92 Å². The maximum atomic E-state index is 14.3. The molecule has 322 valence electrons. The number of amides is 4. The number of imidazole rings is 2. The Morgan fingerprint density at radius 1 is 0.825 bits per heavy atom. The Kier molecular flexibility index (Phi) is 11.3. The molecule has 2 fully saturated rings. The smallest absolute Gasteiger partial charge is 0.407 e. The van der Waals surface area contributed by atoms with Gasteiger partial charge in [0.25, 0.3) is 5.91 Å². The minimum Gasteiger partial charge on any atom is -0.453 e. The third-order valence-corrected chi connectivity index (χ3v) is 12.6. The molecule has 5 atom stereocenters. The van der Waals surface area contributed by atoms with E-state index in [9.17, 15) is 19.2 Å². The second kappa shape index (κ2) is 17.3. The summed E-state index contributed by atoms with van der Waals surface area (Å²) in [6, 6.07) is 30.8. The van der Waals surface area contributed by atoms with Crippen molar-refractivity contribution in [2.45, 2.75) is 70.2 Å². The van der Waals surface area contributed by atoms with Gasteiger partial charge in [-0.15, -0.1) is 0 Å². The molecular formula is C49H50N8O6. The van der Waals surface area contributed by atoms with Crippen molar-refractivity contribution in [1.29, 1.82) is 0 Å². The number of methoxy groups -OCH3 is 2. The molecule has 0 spiro atoms. The highest BCUT2D eigenvalue weighted by molar-refractivity contribution is 6.05. The number of aromatic amines is 2. The minimum absolute atomic E-state index is 0.0719. The first kappa shape index (κ1) is 41.1. The maximum Gasteiger partial charge on any atom is 0.407 e. The molecule has 7 aromatic rings. The summed E-state index contributed by atoms with van der Waals surface area (Å²) in [5.41, 5.74) is 6.44. The molecule has 5 aromatic carbocycles. The zero-order chi connectivity index (χ0) is 43.8. The van der Waals surface area contributed by atoms with E-state index in [1.807, 2.05) is 54.4 Å². The van der Waals surface area contributed by atoms with E-state index in [-0.39, 0.29) is 36.4 Å². The monoisotopic (exact) mass is 846 g/mol. The highest BCUT2D eigenvalue weighted by atomic mass is 16.5. The van der Waals surface area contributed by atoms with Gasteiger partial charge in [0.1, 0.15) is 23.7 Å². The zero-order valence-electron chi connectivity index (χ0n) is 35.7. The van der Waals surface area contributed by atoms with E-state index in [1.165, 1.54) is 14.2 Å². The van der Waals surface area contributed by atoms with Crippen LogP contribution in [0.3, 0.4) is 0 Å². The number of alkyl carbamates (subject to hydrolysis) is 2. The number of likely N-dealkylation sites (tertiary alicyclic amines) is 1. The van der Waals surface area contributed by atoms with Gasteiger partial charge in [-0.1, -0.05) is 79.7 Å². The van der Waals surface area contributed by atoms with Crippen LogP contribution in [0.15, 0.2) is 103 Å². The van der Waals surface area contributed by atoms with Crippen LogP contribution in [0.2, 0.25) is 0 Å². The number of nitrogens with one attached hydrogen (secondary N) is 4. The summed E-state index contributed by atoms with van der Waals surface area (Å²) in [7, 11) is 2.57. The van der Waals surface area contributed by atoms with Crippen LogP contribution < -0.4 is 10.6 Å². The Bertz CT molecular complexity index is 2860. The molecule has 1 aliphatic carbocycles. The van der Waals surface area contributed by atoms with E-state index in [1.54, 1.807) is 11.8 Å². The molecule has 14 heteroatoms. The number of nitrogens with zero attached hydrogens (tertiary/aromatic N) is 4. The predicted octanol–water partition coefficient (Wildman–Crippen LogP) is 8.56. The summed E-state index contributed by atoms with van der Waals surface area (Å²) < 4.78 is 9.58. The Balaban J connectivity index is 0.931. The van der Waals surface area contributed by atoms with Crippen LogP contribution in [0.1, 0.15) is 68.8 Å². The maximum absolute atomic E-state index is 14.3. The molecule has 3 heterocycles. The molecule has 4 N–H and O–H groups in total. The van der Waals surface area contributed by atoms with Gasteiger partial charge >= 0.3 is 12.2 Å². The van der Waals surface area contributed by atoms with Crippen LogP contribution in [-0.4, -0.2) is 86.6 Å². The lowest BCUT2D eigenvalue weighted by atomic mass is 9.96. The fraction of sp³-hybridized carbons (Fsp3) is 0.306. The fourth-order valence-corrected chi connectivity index (χ4v) is 9.54. The molecule has 0 radical (unpaired) electrons. The third kappa shape index (κ3) is 8.04.